The maximum atomic E-state index is 11.6. The Morgan fingerprint density at radius 2 is 2.06 bits per heavy atom. The molecule has 0 aromatic heterocycles. The topological polar surface area (TPSA) is 47.9 Å². The number of halogens is 1. The van der Waals surface area contributed by atoms with Crippen molar-refractivity contribution < 1.29 is 14.3 Å². The predicted octanol–water partition coefficient (Wildman–Crippen LogP) is 2.91. The Morgan fingerprint density at radius 3 is 2.67 bits per heavy atom. The van der Waals surface area contributed by atoms with Crippen LogP contribution in [0.25, 0.3) is 0 Å². The van der Waals surface area contributed by atoms with Crippen molar-refractivity contribution in [3.8, 4) is 0 Å². The summed E-state index contributed by atoms with van der Waals surface area (Å²) in [5.41, 5.74) is 0.911. The first kappa shape index (κ1) is 12.6. The summed E-state index contributed by atoms with van der Waals surface area (Å²) < 4.78 is 10.3. The van der Waals surface area contributed by atoms with Crippen LogP contribution in [0.1, 0.15) is 19.4 Å². The smallest absolute Gasteiger partial charge is 0.367 e. The second-order valence-electron chi connectivity index (χ2n) is 3.65. The highest BCUT2D eigenvalue weighted by molar-refractivity contribution is 6.30. The second-order valence-corrected chi connectivity index (χ2v) is 4.09. The fraction of sp³-hybridized carbons (Fsp3) is 0.231. The van der Waals surface area contributed by atoms with Gasteiger partial charge in [-0.05, 0) is 38.1 Å². The minimum atomic E-state index is -0.495. The fourth-order valence-electron chi connectivity index (χ4n) is 1.53. The molecule has 0 saturated carbocycles. The van der Waals surface area contributed by atoms with Crippen LogP contribution in [-0.2, 0) is 14.3 Å². The van der Waals surface area contributed by atoms with Crippen molar-refractivity contribution in [3.63, 3.8) is 0 Å². The number of ether oxygens (including phenoxy) is 2. The normalized spacial score (nSPS) is 17.3. The van der Waals surface area contributed by atoms with Crippen LogP contribution < -0.4 is 0 Å². The highest BCUT2D eigenvalue weighted by atomic mass is 35.5. The Labute approximate surface area is 110 Å². The first-order valence-corrected chi connectivity index (χ1v) is 5.90. The predicted molar refractivity (Wildman–Crippen MR) is 68.4 cm³/mol. The third-order valence-electron chi connectivity index (χ3n) is 2.38. The highest BCUT2D eigenvalue weighted by Gasteiger charge is 2.26. The van der Waals surface area contributed by atoms with Gasteiger partial charge in [-0.15, -0.1) is 0 Å². The molecular formula is C13H12ClNO3. The van der Waals surface area contributed by atoms with Crippen molar-refractivity contribution in [2.45, 2.75) is 13.8 Å². The van der Waals surface area contributed by atoms with Gasteiger partial charge in [-0.3, -0.25) is 0 Å². The molecule has 0 amide bonds. The minimum Gasteiger partial charge on any atom is -0.496 e. The van der Waals surface area contributed by atoms with Gasteiger partial charge in [0.05, 0.1) is 6.61 Å². The number of rotatable bonds is 3. The third kappa shape index (κ3) is 2.54. The van der Waals surface area contributed by atoms with Gasteiger partial charge in [0.2, 0.25) is 5.90 Å². The minimum absolute atomic E-state index is 0.210. The SMILES string of the molecule is CCO/C(C)=C1/N=C(c2ccc(Cl)cc2)OC1=O. The van der Waals surface area contributed by atoms with Crippen molar-refractivity contribution in [1.29, 1.82) is 0 Å². The van der Waals surface area contributed by atoms with Crippen LogP contribution in [0, 0.1) is 0 Å². The van der Waals surface area contributed by atoms with Crippen molar-refractivity contribution in [2.75, 3.05) is 6.61 Å². The monoisotopic (exact) mass is 265 g/mol. The quantitative estimate of drug-likeness (QED) is 0.480. The summed E-state index contributed by atoms with van der Waals surface area (Å²) in [6, 6.07) is 6.91. The molecule has 0 spiro atoms. The molecule has 5 heteroatoms. The zero-order valence-electron chi connectivity index (χ0n) is 10.1. The van der Waals surface area contributed by atoms with Crippen LogP contribution in [0.5, 0.6) is 0 Å². The van der Waals surface area contributed by atoms with Gasteiger partial charge in [0.1, 0.15) is 5.76 Å². The number of nitrogens with zero attached hydrogens (tertiary/aromatic N) is 1. The number of carbonyl (C=O) groups is 1. The van der Waals surface area contributed by atoms with Gasteiger partial charge in [0.15, 0.2) is 5.70 Å². The van der Waals surface area contributed by atoms with E-state index in [1.807, 2.05) is 6.92 Å². The number of hydrogen-bond acceptors (Lipinski definition) is 4. The largest absolute Gasteiger partial charge is 0.496 e. The van der Waals surface area contributed by atoms with Gasteiger partial charge in [-0.2, -0.15) is 0 Å². The molecular weight excluding hydrogens is 254 g/mol. The number of hydrogen-bond donors (Lipinski definition) is 0. The fourth-order valence-corrected chi connectivity index (χ4v) is 1.66. The van der Waals surface area contributed by atoms with E-state index >= 15 is 0 Å². The maximum absolute atomic E-state index is 11.6. The van der Waals surface area contributed by atoms with E-state index in [1.165, 1.54) is 0 Å². The average molecular weight is 266 g/mol. The summed E-state index contributed by atoms with van der Waals surface area (Å²) >= 11 is 5.79. The lowest BCUT2D eigenvalue weighted by Gasteiger charge is -2.01. The van der Waals surface area contributed by atoms with Gasteiger partial charge in [0.25, 0.3) is 0 Å². The maximum Gasteiger partial charge on any atom is 0.367 e. The Balaban J connectivity index is 2.32. The van der Waals surface area contributed by atoms with Crippen molar-refractivity contribution >= 4 is 23.5 Å². The number of aliphatic imine (C=N–C) groups is 1. The first-order valence-electron chi connectivity index (χ1n) is 5.52. The molecule has 0 radical (unpaired) electrons. The Kier molecular flexibility index (Phi) is 3.67. The van der Waals surface area contributed by atoms with E-state index in [2.05, 4.69) is 4.99 Å². The van der Waals surface area contributed by atoms with Gasteiger partial charge in [0, 0.05) is 10.6 Å². The van der Waals surface area contributed by atoms with E-state index in [-0.39, 0.29) is 11.6 Å². The van der Waals surface area contributed by atoms with E-state index in [4.69, 9.17) is 21.1 Å². The zero-order valence-corrected chi connectivity index (χ0v) is 10.8. The summed E-state index contributed by atoms with van der Waals surface area (Å²) in [5.74, 6) is 0.239. The van der Waals surface area contributed by atoms with Gasteiger partial charge in [-0.1, -0.05) is 11.6 Å². The number of allylic oxidation sites excluding steroid dienone is 1. The summed E-state index contributed by atoms with van der Waals surface area (Å²) in [4.78, 5) is 15.8. The van der Waals surface area contributed by atoms with Crippen LogP contribution >= 0.6 is 11.6 Å². The Bertz CT molecular complexity index is 532. The summed E-state index contributed by atoms with van der Waals surface area (Å²) in [7, 11) is 0. The molecule has 1 aromatic carbocycles. The number of cyclic esters (lactones) is 1. The summed E-state index contributed by atoms with van der Waals surface area (Å²) in [5, 5.41) is 0.616. The van der Waals surface area contributed by atoms with E-state index < -0.39 is 5.97 Å². The molecule has 1 aliphatic rings. The summed E-state index contributed by atoms with van der Waals surface area (Å²) in [6.07, 6.45) is 0. The lowest BCUT2D eigenvalue weighted by atomic mass is 10.2. The van der Waals surface area contributed by atoms with Crippen LogP contribution in [0.4, 0.5) is 0 Å². The molecule has 18 heavy (non-hydrogen) atoms. The van der Waals surface area contributed by atoms with Crippen LogP contribution in [-0.4, -0.2) is 18.5 Å². The molecule has 0 unspecified atom stereocenters. The van der Waals surface area contributed by atoms with E-state index in [1.54, 1.807) is 31.2 Å². The molecule has 2 rings (SSSR count). The number of esters is 1. The molecule has 0 bridgehead atoms. The molecule has 1 heterocycles. The van der Waals surface area contributed by atoms with E-state index in [0.29, 0.717) is 23.0 Å². The molecule has 0 fully saturated rings. The highest BCUT2D eigenvalue weighted by Crippen LogP contribution is 2.20. The van der Waals surface area contributed by atoms with E-state index in [9.17, 15) is 4.79 Å². The molecule has 1 aromatic rings. The van der Waals surface area contributed by atoms with Crippen molar-refractivity contribution in [3.05, 3.63) is 46.3 Å². The van der Waals surface area contributed by atoms with E-state index in [0.717, 1.165) is 0 Å². The van der Waals surface area contributed by atoms with Crippen molar-refractivity contribution in [2.24, 2.45) is 4.99 Å². The molecule has 94 valence electrons. The van der Waals surface area contributed by atoms with Crippen molar-refractivity contribution in [1.82, 2.24) is 0 Å². The Hall–Kier alpha value is -1.81. The number of benzene rings is 1. The first-order chi connectivity index (χ1) is 8.61. The molecule has 0 aliphatic carbocycles. The summed E-state index contributed by atoms with van der Waals surface area (Å²) in [6.45, 7) is 4.01. The van der Waals surface area contributed by atoms with Gasteiger partial charge >= 0.3 is 5.97 Å². The van der Waals surface area contributed by atoms with Crippen LogP contribution in [0.15, 0.2) is 40.7 Å². The molecule has 0 N–H and O–H groups in total. The zero-order chi connectivity index (χ0) is 13.1. The van der Waals surface area contributed by atoms with Crippen LogP contribution in [0.3, 0.4) is 0 Å². The average Bonchev–Trinajstić information content (AvgIpc) is 2.72. The molecule has 0 atom stereocenters. The van der Waals surface area contributed by atoms with Gasteiger partial charge < -0.3 is 9.47 Å². The molecule has 1 aliphatic heterocycles. The molecule has 0 saturated heterocycles. The third-order valence-corrected chi connectivity index (χ3v) is 2.63. The standard InChI is InChI=1S/C13H12ClNO3/c1-3-17-8(2)11-13(16)18-12(15-11)9-4-6-10(14)7-5-9/h4-7H,3H2,1-2H3/b11-8+. The lowest BCUT2D eigenvalue weighted by Crippen LogP contribution is -2.06. The molecule has 4 nitrogen and oxygen atoms in total. The number of carbonyl (C=O) groups excluding carboxylic acids is 1. The second kappa shape index (κ2) is 5.23. The Morgan fingerprint density at radius 1 is 1.39 bits per heavy atom. The van der Waals surface area contributed by atoms with Crippen LogP contribution in [0.2, 0.25) is 5.02 Å². The van der Waals surface area contributed by atoms with Gasteiger partial charge in [-0.25, -0.2) is 9.79 Å². The lowest BCUT2D eigenvalue weighted by molar-refractivity contribution is -0.130.